The van der Waals surface area contributed by atoms with E-state index in [4.69, 9.17) is 0 Å². The van der Waals surface area contributed by atoms with E-state index in [1.54, 1.807) is 23.2 Å². The smallest absolute Gasteiger partial charge is 0.172 e. The Morgan fingerprint density at radius 1 is 1.08 bits per heavy atom. The summed E-state index contributed by atoms with van der Waals surface area (Å²) in [5, 5.41) is 28.4. The number of anilines is 1. The summed E-state index contributed by atoms with van der Waals surface area (Å²) in [5.41, 5.74) is 2.03. The first-order chi connectivity index (χ1) is 11.9. The molecule has 0 fully saturated rings. The summed E-state index contributed by atoms with van der Waals surface area (Å²) in [6.07, 6.45) is 3.30. The first-order valence-corrected chi connectivity index (χ1v) is 7.98. The third-order valence-corrected chi connectivity index (χ3v) is 4.02. The Hall–Kier alpha value is -3.09. The molecule has 0 radical (unpaired) electrons. The number of benzene rings is 1. The second-order valence-electron chi connectivity index (χ2n) is 6.38. The van der Waals surface area contributed by atoms with Gasteiger partial charge in [0.2, 0.25) is 0 Å². The molecule has 3 rings (SSSR count). The van der Waals surface area contributed by atoms with Gasteiger partial charge in [-0.1, -0.05) is 13.8 Å². The van der Waals surface area contributed by atoms with Crippen LogP contribution >= 0.6 is 0 Å². The molecule has 0 atom stereocenters. The monoisotopic (exact) mass is 339 g/mol. The van der Waals surface area contributed by atoms with Gasteiger partial charge in [0.15, 0.2) is 5.82 Å². The predicted octanol–water partition coefficient (Wildman–Crippen LogP) is 2.93. The molecule has 2 heterocycles. The van der Waals surface area contributed by atoms with Gasteiger partial charge in [0.25, 0.3) is 0 Å². The zero-order valence-corrected chi connectivity index (χ0v) is 14.7. The molecule has 130 valence electrons. The van der Waals surface area contributed by atoms with E-state index in [0.717, 1.165) is 17.1 Å². The quantitative estimate of drug-likeness (QED) is 0.760. The number of phenolic OH excluding ortho intramolecular Hbond substituents is 2. The zero-order valence-electron chi connectivity index (χ0n) is 14.7. The van der Waals surface area contributed by atoms with Crippen molar-refractivity contribution in [1.29, 1.82) is 0 Å². The second kappa shape index (κ2) is 6.43. The van der Waals surface area contributed by atoms with Crippen LogP contribution in [0.25, 0.3) is 17.1 Å². The summed E-state index contributed by atoms with van der Waals surface area (Å²) in [7, 11) is 3.85. The number of hydrogen-bond acceptors (Lipinski definition) is 6. The number of hydrogen-bond donors (Lipinski definition) is 2. The van der Waals surface area contributed by atoms with Crippen LogP contribution in [-0.2, 0) is 0 Å². The minimum absolute atomic E-state index is 0.0472. The lowest BCUT2D eigenvalue weighted by molar-refractivity contribution is 0.444. The summed E-state index contributed by atoms with van der Waals surface area (Å²) in [6, 6.07) is 6.90. The van der Waals surface area contributed by atoms with Gasteiger partial charge < -0.3 is 15.1 Å². The van der Waals surface area contributed by atoms with Crippen LogP contribution in [0.15, 0.2) is 36.8 Å². The Morgan fingerprint density at radius 2 is 1.84 bits per heavy atom. The Bertz CT molecular complexity index is 885. The van der Waals surface area contributed by atoms with Gasteiger partial charge in [0.1, 0.15) is 23.6 Å². The minimum atomic E-state index is -0.0472. The highest BCUT2D eigenvalue weighted by atomic mass is 16.3. The van der Waals surface area contributed by atoms with E-state index < -0.39 is 0 Å². The molecule has 2 N–H and O–H groups in total. The average molecular weight is 339 g/mol. The van der Waals surface area contributed by atoms with Crippen LogP contribution in [0.5, 0.6) is 11.5 Å². The van der Waals surface area contributed by atoms with Crippen molar-refractivity contribution in [3.8, 4) is 28.6 Å². The van der Waals surface area contributed by atoms with Crippen molar-refractivity contribution >= 4 is 5.82 Å². The Balaban J connectivity index is 2.09. The summed E-state index contributed by atoms with van der Waals surface area (Å²) >= 11 is 0. The minimum Gasteiger partial charge on any atom is -0.508 e. The van der Waals surface area contributed by atoms with Crippen LogP contribution in [0.3, 0.4) is 0 Å². The van der Waals surface area contributed by atoms with Gasteiger partial charge in [0, 0.05) is 20.2 Å². The highest BCUT2D eigenvalue weighted by Crippen LogP contribution is 2.37. The molecule has 7 heteroatoms. The van der Waals surface area contributed by atoms with Crippen molar-refractivity contribution in [2.75, 3.05) is 19.0 Å². The Kier molecular flexibility index (Phi) is 4.31. The standard InChI is InChI=1S/C18H21N5O2/c1-11(2)13-7-14(16(25)8-15(13)24)18-21-20-10-23(18)12-5-6-17(19-9-12)22(3)4/h5-11,24-25H,1-4H3. The lowest BCUT2D eigenvalue weighted by Gasteiger charge is -2.14. The van der Waals surface area contributed by atoms with Crippen LogP contribution in [0.4, 0.5) is 5.82 Å². The molecule has 0 saturated heterocycles. The summed E-state index contributed by atoms with van der Waals surface area (Å²) in [4.78, 5) is 6.31. The summed E-state index contributed by atoms with van der Waals surface area (Å²) in [5.74, 6) is 1.46. The van der Waals surface area contributed by atoms with E-state index in [1.807, 2.05) is 45.0 Å². The van der Waals surface area contributed by atoms with Crippen molar-refractivity contribution < 1.29 is 10.2 Å². The van der Waals surface area contributed by atoms with Gasteiger partial charge in [-0.15, -0.1) is 10.2 Å². The van der Waals surface area contributed by atoms with Crippen LogP contribution in [-0.4, -0.2) is 44.1 Å². The number of aromatic nitrogens is 4. The fraction of sp³-hybridized carbons (Fsp3) is 0.278. The average Bonchev–Trinajstić information content (AvgIpc) is 3.04. The molecule has 25 heavy (non-hydrogen) atoms. The topological polar surface area (TPSA) is 87.3 Å². The number of aromatic hydroxyl groups is 2. The molecule has 0 amide bonds. The zero-order chi connectivity index (χ0) is 18.1. The number of rotatable bonds is 4. The molecule has 2 aromatic heterocycles. The van der Waals surface area contributed by atoms with E-state index in [0.29, 0.717) is 11.4 Å². The number of nitrogens with zero attached hydrogens (tertiary/aromatic N) is 5. The maximum Gasteiger partial charge on any atom is 0.172 e. The molecule has 0 saturated carbocycles. The van der Waals surface area contributed by atoms with Crippen molar-refractivity contribution in [2.24, 2.45) is 0 Å². The second-order valence-corrected chi connectivity index (χ2v) is 6.38. The van der Waals surface area contributed by atoms with Gasteiger partial charge >= 0.3 is 0 Å². The Morgan fingerprint density at radius 3 is 2.44 bits per heavy atom. The van der Waals surface area contributed by atoms with E-state index in [1.165, 1.54) is 6.07 Å². The van der Waals surface area contributed by atoms with Crippen molar-refractivity contribution in [3.63, 3.8) is 0 Å². The molecule has 0 spiro atoms. The number of phenols is 2. The molecular formula is C18H21N5O2. The van der Waals surface area contributed by atoms with Gasteiger partial charge in [-0.3, -0.25) is 4.57 Å². The predicted molar refractivity (Wildman–Crippen MR) is 96.3 cm³/mol. The maximum absolute atomic E-state index is 10.3. The third-order valence-electron chi connectivity index (χ3n) is 4.02. The van der Waals surface area contributed by atoms with Crippen LogP contribution in [0.1, 0.15) is 25.3 Å². The van der Waals surface area contributed by atoms with Crippen LogP contribution in [0.2, 0.25) is 0 Å². The first kappa shape index (κ1) is 16.8. The molecule has 0 aliphatic heterocycles. The summed E-state index contributed by atoms with van der Waals surface area (Å²) < 4.78 is 1.75. The maximum atomic E-state index is 10.3. The Labute approximate surface area is 146 Å². The van der Waals surface area contributed by atoms with Gasteiger partial charge in [-0.2, -0.15) is 0 Å². The van der Waals surface area contributed by atoms with Gasteiger partial charge in [0.05, 0.1) is 17.4 Å². The van der Waals surface area contributed by atoms with E-state index in [-0.39, 0.29) is 17.4 Å². The van der Waals surface area contributed by atoms with Crippen molar-refractivity contribution in [3.05, 3.63) is 42.4 Å². The lowest BCUT2D eigenvalue weighted by Crippen LogP contribution is -2.10. The third kappa shape index (κ3) is 3.13. The normalized spacial score (nSPS) is 11.1. The van der Waals surface area contributed by atoms with Gasteiger partial charge in [-0.25, -0.2) is 4.98 Å². The molecule has 0 aliphatic carbocycles. The van der Waals surface area contributed by atoms with Gasteiger partial charge in [-0.05, 0) is 29.7 Å². The summed E-state index contributed by atoms with van der Waals surface area (Å²) in [6.45, 7) is 3.95. The molecule has 7 nitrogen and oxygen atoms in total. The lowest BCUT2D eigenvalue weighted by atomic mass is 9.98. The SMILES string of the molecule is CC(C)c1cc(-c2nncn2-c2ccc(N(C)C)nc2)c(O)cc1O. The highest BCUT2D eigenvalue weighted by Gasteiger charge is 2.18. The van der Waals surface area contributed by atoms with Crippen LogP contribution in [0, 0.1) is 0 Å². The van der Waals surface area contributed by atoms with E-state index in [2.05, 4.69) is 15.2 Å². The van der Waals surface area contributed by atoms with Crippen LogP contribution < -0.4 is 4.90 Å². The molecular weight excluding hydrogens is 318 g/mol. The fourth-order valence-electron chi connectivity index (χ4n) is 2.63. The highest BCUT2D eigenvalue weighted by molar-refractivity contribution is 5.69. The molecule has 3 aromatic rings. The molecule has 0 bridgehead atoms. The first-order valence-electron chi connectivity index (χ1n) is 7.98. The molecule has 0 unspecified atom stereocenters. The van der Waals surface area contributed by atoms with E-state index in [9.17, 15) is 10.2 Å². The molecule has 0 aliphatic rings. The number of pyridine rings is 1. The fourth-order valence-corrected chi connectivity index (χ4v) is 2.63. The molecule has 1 aromatic carbocycles. The van der Waals surface area contributed by atoms with Crippen molar-refractivity contribution in [1.82, 2.24) is 19.7 Å². The largest absolute Gasteiger partial charge is 0.508 e. The van der Waals surface area contributed by atoms with Crippen molar-refractivity contribution in [2.45, 2.75) is 19.8 Å². The van der Waals surface area contributed by atoms with E-state index >= 15 is 0 Å².